The number of carbonyl (C=O) groups excluding carboxylic acids is 3. The molecule has 0 radical (unpaired) electrons. The first-order chi connectivity index (χ1) is 6.21. The largest absolute Gasteiger partial charge is 1.00 e. The topological polar surface area (TPSA) is 161 Å². The molecule has 0 spiro atoms. The molecule has 11 heteroatoms. The van der Waals surface area contributed by atoms with Crippen molar-refractivity contribution < 1.29 is 129 Å². The Hall–Kier alpha value is 1.33. The second kappa shape index (κ2) is 11.2. The maximum atomic E-state index is 10.2. The third-order valence-electron chi connectivity index (χ3n) is 1.44. The summed E-state index contributed by atoms with van der Waals surface area (Å²) < 4.78 is 0. The summed E-state index contributed by atoms with van der Waals surface area (Å²) in [5.74, 6) is -6.84. The van der Waals surface area contributed by atoms with E-state index < -0.39 is 36.0 Å². The quantitative estimate of drug-likeness (QED) is 0.467. The number of carboxylic acids is 3. The van der Waals surface area contributed by atoms with Gasteiger partial charge in [0.1, 0.15) is 11.7 Å². The molecule has 0 saturated carbocycles. The molecule has 17 heavy (non-hydrogen) atoms. The summed E-state index contributed by atoms with van der Waals surface area (Å²) in [4.78, 5) is 30.2. The van der Waals surface area contributed by atoms with Gasteiger partial charge in [0.05, 0.1) is 11.9 Å². The normalized spacial score (nSPS) is 13.8. The van der Waals surface area contributed by atoms with Gasteiger partial charge in [0.15, 0.2) is 0 Å². The first-order valence-corrected chi connectivity index (χ1v) is 3.24. The van der Waals surface area contributed by atoms with E-state index in [4.69, 9.17) is 10.2 Å². The first-order valence-electron chi connectivity index (χ1n) is 3.24. The second-order valence-electron chi connectivity index (χ2n) is 2.48. The van der Waals surface area contributed by atoms with Gasteiger partial charge in [-0.05, 0) is 0 Å². The Morgan fingerprint density at radius 2 is 1.41 bits per heavy atom. The van der Waals surface area contributed by atoms with E-state index in [1.807, 2.05) is 0 Å². The molecule has 8 nitrogen and oxygen atoms in total. The van der Waals surface area contributed by atoms with E-state index in [1.165, 1.54) is 0 Å². The number of rotatable bonds is 5. The summed E-state index contributed by atoms with van der Waals surface area (Å²) in [5.41, 5.74) is -3.46. The molecule has 0 unspecified atom stereocenters. The van der Waals surface area contributed by atoms with Crippen LogP contribution in [0.4, 0.5) is 0 Å². The molecule has 0 aliphatic carbocycles. The monoisotopic (exact) mass is 274 g/mol. The summed E-state index contributed by atoms with van der Waals surface area (Å²) in [6, 6.07) is 0. The van der Waals surface area contributed by atoms with Gasteiger partial charge in [-0.1, -0.05) is 0 Å². The van der Waals surface area contributed by atoms with Gasteiger partial charge >= 0.3 is 88.7 Å². The Bertz CT molecular complexity index is 282. The third-order valence-corrected chi connectivity index (χ3v) is 1.44. The molecule has 0 saturated heterocycles. The molecule has 0 aliphatic rings. The van der Waals surface area contributed by atoms with Crippen molar-refractivity contribution in [2.75, 3.05) is 0 Å². The minimum Gasteiger partial charge on any atom is -0.550 e. The van der Waals surface area contributed by atoms with Gasteiger partial charge in [0, 0.05) is 12.4 Å². The van der Waals surface area contributed by atoms with Crippen molar-refractivity contribution in [1.82, 2.24) is 0 Å². The van der Waals surface area contributed by atoms with Crippen LogP contribution >= 0.6 is 0 Å². The smallest absolute Gasteiger partial charge is 0.550 e. The van der Waals surface area contributed by atoms with Crippen LogP contribution in [0.25, 0.3) is 0 Å². The molecule has 0 rings (SSSR count). The number of hydrogen-bond acceptors (Lipinski definition) is 8. The van der Waals surface area contributed by atoms with Gasteiger partial charge in [-0.25, -0.2) is 0 Å². The molecule has 0 fully saturated rings. The van der Waals surface area contributed by atoms with E-state index in [2.05, 4.69) is 0 Å². The SMILES string of the molecule is O=C([O-])C[C@@](O)(C(=O)[O-])[C@H](O)C(=O)[O-].[Na+].[Na+].[Na+]. The molecule has 80 valence electrons. The van der Waals surface area contributed by atoms with Crippen molar-refractivity contribution in [2.45, 2.75) is 18.1 Å². The maximum Gasteiger partial charge on any atom is 1.00 e. The van der Waals surface area contributed by atoms with E-state index in [9.17, 15) is 29.7 Å². The van der Waals surface area contributed by atoms with E-state index in [0.717, 1.165) is 0 Å². The zero-order chi connectivity index (χ0) is 11.5. The fourth-order valence-corrected chi connectivity index (χ4v) is 0.695. The number of carboxylic acid groups (broad SMARTS) is 3. The van der Waals surface area contributed by atoms with Crippen molar-refractivity contribution in [3.8, 4) is 0 Å². The summed E-state index contributed by atoms with van der Waals surface area (Å²) in [5, 5.41) is 47.8. The molecule has 0 aromatic rings. The van der Waals surface area contributed by atoms with Crippen LogP contribution in [-0.4, -0.2) is 39.8 Å². The van der Waals surface area contributed by atoms with Gasteiger partial charge < -0.3 is 39.9 Å². The number of aliphatic hydroxyl groups is 2. The second-order valence-corrected chi connectivity index (χ2v) is 2.48. The zero-order valence-corrected chi connectivity index (χ0v) is 15.6. The van der Waals surface area contributed by atoms with Crippen LogP contribution in [0.3, 0.4) is 0 Å². The van der Waals surface area contributed by atoms with Crippen LogP contribution in [0.1, 0.15) is 6.42 Å². The fraction of sp³-hybridized carbons (Fsp3) is 0.500. The van der Waals surface area contributed by atoms with Crippen molar-refractivity contribution in [3.63, 3.8) is 0 Å². The molecule has 0 amide bonds. The van der Waals surface area contributed by atoms with E-state index in [1.54, 1.807) is 0 Å². The molecule has 0 aromatic carbocycles. The average molecular weight is 274 g/mol. The number of aliphatic hydroxyl groups excluding tert-OH is 1. The Morgan fingerprint density at radius 1 is 1.06 bits per heavy atom. The first kappa shape index (κ1) is 26.8. The van der Waals surface area contributed by atoms with Crippen LogP contribution in [0.15, 0.2) is 0 Å². The Morgan fingerprint density at radius 3 is 1.59 bits per heavy atom. The van der Waals surface area contributed by atoms with Gasteiger partial charge in [0.2, 0.25) is 0 Å². The number of aliphatic carboxylic acids is 3. The van der Waals surface area contributed by atoms with Gasteiger partial charge in [-0.3, -0.25) is 0 Å². The third kappa shape index (κ3) is 8.17. The molecule has 0 heterocycles. The van der Waals surface area contributed by atoms with E-state index >= 15 is 0 Å². The van der Waals surface area contributed by atoms with Crippen molar-refractivity contribution >= 4 is 17.9 Å². The summed E-state index contributed by atoms with van der Waals surface area (Å²) in [6.45, 7) is 0. The summed E-state index contributed by atoms with van der Waals surface area (Å²) in [6.07, 6.45) is -4.53. The molecule has 2 atom stereocenters. The molecular weight excluding hydrogens is 269 g/mol. The Kier molecular flexibility index (Phi) is 17.6. The van der Waals surface area contributed by atoms with Crippen LogP contribution in [0, 0.1) is 0 Å². The van der Waals surface area contributed by atoms with Crippen molar-refractivity contribution in [1.29, 1.82) is 0 Å². The minimum absolute atomic E-state index is 0. The number of carbonyl (C=O) groups is 3. The molecule has 0 aromatic heterocycles. The molecule has 2 N–H and O–H groups in total. The van der Waals surface area contributed by atoms with Gasteiger partial charge in [-0.15, -0.1) is 0 Å². The minimum atomic E-state index is -3.46. The Balaban J connectivity index is -0.000000282. The fourth-order valence-electron chi connectivity index (χ4n) is 0.695. The summed E-state index contributed by atoms with van der Waals surface area (Å²) >= 11 is 0. The number of hydrogen-bond donors (Lipinski definition) is 2. The van der Waals surface area contributed by atoms with Gasteiger partial charge in [-0.2, -0.15) is 0 Å². The molecular formula is C6H5Na3O8. The zero-order valence-electron chi connectivity index (χ0n) is 9.63. The van der Waals surface area contributed by atoms with Gasteiger partial charge in [0.25, 0.3) is 0 Å². The Labute approximate surface area is 162 Å². The molecule has 0 bridgehead atoms. The maximum absolute atomic E-state index is 10.2. The van der Waals surface area contributed by atoms with Crippen LogP contribution in [0.2, 0.25) is 0 Å². The van der Waals surface area contributed by atoms with E-state index in [0.29, 0.717) is 0 Å². The standard InChI is InChI=1S/C6H8O8.3Na/c7-2(8)1-6(14,5(12)13)3(9)4(10)11;;;/h3,9,14H,1H2,(H,7,8)(H,10,11)(H,12,13);;;/q;3*+1/p-3/t3-,6+;;;/m1.../s1. The van der Waals surface area contributed by atoms with Crippen molar-refractivity contribution in [3.05, 3.63) is 0 Å². The predicted octanol–water partition coefficient (Wildman–Crippen LogP) is -15.3. The van der Waals surface area contributed by atoms with Crippen LogP contribution in [0.5, 0.6) is 0 Å². The predicted molar refractivity (Wildman–Crippen MR) is 30.6 cm³/mol. The van der Waals surface area contributed by atoms with Crippen LogP contribution < -0.4 is 104 Å². The summed E-state index contributed by atoms with van der Waals surface area (Å²) in [7, 11) is 0. The van der Waals surface area contributed by atoms with Crippen LogP contribution in [-0.2, 0) is 14.4 Å². The van der Waals surface area contributed by atoms with E-state index in [-0.39, 0.29) is 88.7 Å². The van der Waals surface area contributed by atoms with Crippen molar-refractivity contribution in [2.24, 2.45) is 0 Å². The average Bonchev–Trinajstić information content (AvgIpc) is 2.00. The molecule has 0 aliphatic heterocycles.